The Morgan fingerprint density at radius 2 is 2.12 bits per heavy atom. The number of carbonyl (C=O) groups is 1. The number of aryl methyl sites for hydroxylation is 1. The van der Waals surface area contributed by atoms with E-state index in [0.717, 1.165) is 56.9 Å². The molecule has 1 aromatic heterocycles. The molecule has 25 heavy (non-hydrogen) atoms. The number of ether oxygens (including phenoxy) is 1. The van der Waals surface area contributed by atoms with Gasteiger partial charge in [-0.15, -0.1) is 11.3 Å². The van der Waals surface area contributed by atoms with Crippen molar-refractivity contribution < 1.29 is 9.53 Å². The van der Waals surface area contributed by atoms with Crippen molar-refractivity contribution in [2.24, 2.45) is 5.92 Å². The van der Waals surface area contributed by atoms with Gasteiger partial charge in [-0.25, -0.2) is 4.98 Å². The molecule has 2 aliphatic rings. The number of nitrogens with zero attached hydrogens (tertiary/aromatic N) is 2. The molecule has 2 fully saturated rings. The Morgan fingerprint density at radius 1 is 1.36 bits per heavy atom. The molecular weight excluding hydrogens is 334 g/mol. The lowest BCUT2D eigenvalue weighted by Gasteiger charge is -2.30. The number of hydrogen-bond acceptors (Lipinski definition) is 5. The van der Waals surface area contributed by atoms with Crippen molar-refractivity contribution in [2.75, 3.05) is 33.3 Å². The SMILES string of the molecule is CCCc1nc(C(C)OC)sc1[C@@H]1CNCC1C(=O)N1CCCCC1. The second kappa shape index (κ2) is 8.60. The van der Waals surface area contributed by atoms with E-state index < -0.39 is 0 Å². The van der Waals surface area contributed by atoms with Gasteiger partial charge in [-0.2, -0.15) is 0 Å². The Kier molecular flexibility index (Phi) is 6.47. The average Bonchev–Trinajstić information content (AvgIpc) is 3.28. The van der Waals surface area contributed by atoms with Crippen LogP contribution in [0.4, 0.5) is 0 Å². The predicted octanol–water partition coefficient (Wildman–Crippen LogP) is 3.12. The molecule has 0 aromatic carbocycles. The third-order valence-electron chi connectivity index (χ3n) is 5.47. The lowest BCUT2D eigenvalue weighted by Crippen LogP contribution is -2.41. The van der Waals surface area contributed by atoms with Crippen molar-refractivity contribution in [3.63, 3.8) is 0 Å². The molecule has 0 spiro atoms. The molecule has 3 atom stereocenters. The van der Waals surface area contributed by atoms with Gasteiger partial charge in [0.15, 0.2) is 0 Å². The largest absolute Gasteiger partial charge is 0.375 e. The summed E-state index contributed by atoms with van der Waals surface area (Å²) in [6, 6.07) is 0. The zero-order chi connectivity index (χ0) is 17.8. The summed E-state index contributed by atoms with van der Waals surface area (Å²) in [4.78, 5) is 21.4. The topological polar surface area (TPSA) is 54.5 Å². The third-order valence-corrected chi connectivity index (χ3v) is 6.86. The first kappa shape index (κ1) is 18.8. The van der Waals surface area contributed by atoms with E-state index in [1.165, 1.54) is 17.0 Å². The van der Waals surface area contributed by atoms with Crippen molar-refractivity contribution in [3.8, 4) is 0 Å². The van der Waals surface area contributed by atoms with Crippen LogP contribution < -0.4 is 5.32 Å². The number of piperidine rings is 1. The van der Waals surface area contributed by atoms with Crippen molar-refractivity contribution >= 4 is 17.2 Å². The van der Waals surface area contributed by atoms with Gasteiger partial charge in [0.1, 0.15) is 11.1 Å². The van der Waals surface area contributed by atoms with E-state index in [-0.39, 0.29) is 17.9 Å². The molecule has 3 heterocycles. The van der Waals surface area contributed by atoms with E-state index in [4.69, 9.17) is 9.72 Å². The van der Waals surface area contributed by atoms with Crippen molar-refractivity contribution in [3.05, 3.63) is 15.6 Å². The second-order valence-corrected chi connectivity index (χ2v) is 8.31. The minimum Gasteiger partial charge on any atom is -0.375 e. The van der Waals surface area contributed by atoms with Crippen LogP contribution in [-0.4, -0.2) is 49.1 Å². The number of likely N-dealkylation sites (tertiary alicyclic amines) is 1. The minimum absolute atomic E-state index is 0.0139. The van der Waals surface area contributed by atoms with Crippen LogP contribution in [-0.2, 0) is 16.0 Å². The highest BCUT2D eigenvalue weighted by Crippen LogP contribution is 2.38. The van der Waals surface area contributed by atoms with Crippen LogP contribution >= 0.6 is 11.3 Å². The third kappa shape index (κ3) is 4.07. The predicted molar refractivity (Wildman–Crippen MR) is 101 cm³/mol. The first-order chi connectivity index (χ1) is 12.2. The maximum Gasteiger partial charge on any atom is 0.227 e. The first-order valence-electron chi connectivity index (χ1n) is 9.67. The van der Waals surface area contributed by atoms with E-state index in [2.05, 4.69) is 17.1 Å². The van der Waals surface area contributed by atoms with E-state index >= 15 is 0 Å². The fourth-order valence-corrected chi connectivity index (χ4v) is 5.23. The summed E-state index contributed by atoms with van der Waals surface area (Å²) in [5, 5.41) is 4.50. The molecule has 2 saturated heterocycles. The molecule has 0 bridgehead atoms. The summed E-state index contributed by atoms with van der Waals surface area (Å²) in [5.74, 6) is 0.651. The Balaban J connectivity index is 1.83. The average molecular weight is 366 g/mol. The molecular formula is C19H31N3O2S. The van der Waals surface area contributed by atoms with Crippen LogP contribution in [0, 0.1) is 5.92 Å². The van der Waals surface area contributed by atoms with E-state index in [9.17, 15) is 4.79 Å². The Labute approximate surface area is 155 Å². The fourth-order valence-electron chi connectivity index (χ4n) is 3.93. The summed E-state index contributed by atoms with van der Waals surface area (Å²) in [6.45, 7) is 7.76. The van der Waals surface area contributed by atoms with Crippen LogP contribution in [0.25, 0.3) is 0 Å². The summed E-state index contributed by atoms with van der Waals surface area (Å²) >= 11 is 1.75. The fraction of sp³-hybridized carbons (Fsp3) is 0.789. The molecule has 2 unspecified atom stereocenters. The Bertz CT molecular complexity index is 583. The lowest BCUT2D eigenvalue weighted by atomic mass is 9.91. The van der Waals surface area contributed by atoms with Crippen LogP contribution in [0.3, 0.4) is 0 Å². The molecule has 6 heteroatoms. The number of nitrogens with one attached hydrogen (secondary N) is 1. The van der Waals surface area contributed by atoms with Crippen LogP contribution in [0.5, 0.6) is 0 Å². The summed E-state index contributed by atoms with van der Waals surface area (Å²) < 4.78 is 5.47. The minimum atomic E-state index is 0.0139. The monoisotopic (exact) mass is 365 g/mol. The van der Waals surface area contributed by atoms with E-state index in [1.54, 1.807) is 18.4 Å². The smallest absolute Gasteiger partial charge is 0.227 e. The molecule has 1 N–H and O–H groups in total. The van der Waals surface area contributed by atoms with Crippen LogP contribution in [0.1, 0.15) is 67.1 Å². The molecule has 1 aromatic rings. The maximum absolute atomic E-state index is 13.1. The van der Waals surface area contributed by atoms with Crippen molar-refractivity contribution in [2.45, 2.75) is 58.0 Å². The number of amides is 1. The van der Waals surface area contributed by atoms with Crippen LogP contribution in [0.15, 0.2) is 0 Å². The van der Waals surface area contributed by atoms with Crippen LogP contribution in [0.2, 0.25) is 0 Å². The highest BCUT2D eigenvalue weighted by molar-refractivity contribution is 7.12. The van der Waals surface area contributed by atoms with Gasteiger partial charge < -0.3 is 15.0 Å². The molecule has 5 nitrogen and oxygen atoms in total. The molecule has 1 amide bonds. The number of carbonyl (C=O) groups excluding carboxylic acids is 1. The highest BCUT2D eigenvalue weighted by atomic mass is 32.1. The highest BCUT2D eigenvalue weighted by Gasteiger charge is 2.39. The number of thiazole rings is 1. The van der Waals surface area contributed by atoms with Gasteiger partial charge in [0, 0.05) is 44.1 Å². The molecule has 140 valence electrons. The number of aromatic nitrogens is 1. The zero-order valence-corrected chi connectivity index (χ0v) is 16.5. The zero-order valence-electron chi connectivity index (χ0n) is 15.7. The molecule has 2 aliphatic heterocycles. The van der Waals surface area contributed by atoms with Crippen molar-refractivity contribution in [1.82, 2.24) is 15.2 Å². The molecule has 0 radical (unpaired) electrons. The van der Waals surface area contributed by atoms with Crippen molar-refractivity contribution in [1.29, 1.82) is 0 Å². The van der Waals surface area contributed by atoms with Gasteiger partial charge in [0.05, 0.1) is 11.6 Å². The first-order valence-corrected chi connectivity index (χ1v) is 10.5. The molecule has 3 rings (SSSR count). The van der Waals surface area contributed by atoms with Gasteiger partial charge in [0.2, 0.25) is 5.91 Å². The van der Waals surface area contributed by atoms with Gasteiger partial charge in [-0.05, 0) is 32.6 Å². The van der Waals surface area contributed by atoms with E-state index in [0.29, 0.717) is 5.91 Å². The normalized spacial score (nSPS) is 25.3. The summed E-state index contributed by atoms with van der Waals surface area (Å²) in [6.07, 6.45) is 5.61. The summed E-state index contributed by atoms with van der Waals surface area (Å²) in [7, 11) is 1.73. The summed E-state index contributed by atoms with van der Waals surface area (Å²) in [5.41, 5.74) is 1.18. The molecule has 0 aliphatic carbocycles. The van der Waals surface area contributed by atoms with Gasteiger partial charge >= 0.3 is 0 Å². The number of rotatable bonds is 6. The Hall–Kier alpha value is -0.980. The van der Waals surface area contributed by atoms with E-state index in [1.807, 2.05) is 6.92 Å². The lowest BCUT2D eigenvalue weighted by molar-refractivity contribution is -0.136. The van der Waals surface area contributed by atoms with Gasteiger partial charge in [-0.1, -0.05) is 13.3 Å². The molecule has 0 saturated carbocycles. The maximum atomic E-state index is 13.1. The quantitative estimate of drug-likeness (QED) is 0.841. The Morgan fingerprint density at radius 3 is 2.80 bits per heavy atom. The number of hydrogen-bond donors (Lipinski definition) is 1. The number of methoxy groups -OCH3 is 1. The van der Waals surface area contributed by atoms with Gasteiger partial charge in [0.25, 0.3) is 0 Å². The standard InChI is InChI=1S/C19H31N3O2S/c1-4-8-16-17(25-18(21-16)13(2)24-3)14-11-20-12-15(14)19(23)22-9-6-5-7-10-22/h13-15,20H,4-12H2,1-3H3/t13?,14-,15?/m1/s1. The van der Waals surface area contributed by atoms with Gasteiger partial charge in [-0.3, -0.25) is 4.79 Å². The second-order valence-electron chi connectivity index (χ2n) is 7.25.